The normalized spacial score (nSPS) is 15.0. The Labute approximate surface area is 143 Å². The number of anilines is 1. The average molecular weight is 336 g/mol. The van der Waals surface area contributed by atoms with E-state index in [2.05, 4.69) is 27.7 Å². The first-order chi connectivity index (χ1) is 11.6. The van der Waals surface area contributed by atoms with Crippen molar-refractivity contribution in [3.63, 3.8) is 0 Å². The van der Waals surface area contributed by atoms with Gasteiger partial charge in [0.1, 0.15) is 0 Å². The van der Waals surface area contributed by atoms with Crippen LogP contribution in [0.15, 0.2) is 52.7 Å². The number of para-hydroxylation sites is 1. The van der Waals surface area contributed by atoms with Crippen LogP contribution >= 0.6 is 11.3 Å². The van der Waals surface area contributed by atoms with Crippen LogP contribution in [0.4, 0.5) is 5.69 Å². The van der Waals surface area contributed by atoms with Crippen LogP contribution in [0.2, 0.25) is 0 Å². The molecule has 1 N–H and O–H groups in total. The smallest absolute Gasteiger partial charge is 0.228 e. The lowest BCUT2D eigenvalue weighted by molar-refractivity contribution is -0.115. The van der Waals surface area contributed by atoms with E-state index >= 15 is 0 Å². The molecule has 0 spiro atoms. The summed E-state index contributed by atoms with van der Waals surface area (Å²) < 4.78 is 3.23. The molecule has 0 saturated carbocycles. The van der Waals surface area contributed by atoms with Crippen molar-refractivity contribution in [2.24, 2.45) is 17.3 Å². The van der Waals surface area contributed by atoms with Gasteiger partial charge in [0.05, 0.1) is 22.3 Å². The van der Waals surface area contributed by atoms with Crippen LogP contribution in [0, 0.1) is 0 Å². The lowest BCUT2D eigenvalue weighted by atomic mass is 10.1. The maximum absolute atomic E-state index is 11.5. The van der Waals surface area contributed by atoms with Gasteiger partial charge in [0.15, 0.2) is 0 Å². The van der Waals surface area contributed by atoms with Crippen molar-refractivity contribution < 1.29 is 4.79 Å². The maximum Gasteiger partial charge on any atom is 0.228 e. The van der Waals surface area contributed by atoms with E-state index < -0.39 is 0 Å². The van der Waals surface area contributed by atoms with Crippen molar-refractivity contribution in [1.82, 2.24) is 4.57 Å². The molecule has 0 saturated heterocycles. The summed E-state index contributed by atoms with van der Waals surface area (Å²) in [6.07, 6.45) is 0.429. The minimum Gasteiger partial charge on any atom is -0.326 e. The number of nitrogens with one attached hydrogen (secondary N) is 1. The number of hydrogen-bond donors (Lipinski definition) is 1. The monoisotopic (exact) mass is 336 g/mol. The second kappa shape index (κ2) is 5.72. The number of aryl methyl sites for hydroxylation is 1. The van der Waals surface area contributed by atoms with E-state index in [0.717, 1.165) is 32.8 Å². The van der Waals surface area contributed by atoms with Crippen molar-refractivity contribution >= 4 is 38.9 Å². The number of fused-ring (bicyclic) bond motifs is 2. The summed E-state index contributed by atoms with van der Waals surface area (Å²) in [6, 6.07) is 14.1. The molecule has 0 fully saturated rings. The van der Waals surface area contributed by atoms with E-state index in [1.165, 1.54) is 4.70 Å². The van der Waals surface area contributed by atoms with Crippen molar-refractivity contribution in [2.45, 2.75) is 13.3 Å². The molecule has 120 valence electrons. The van der Waals surface area contributed by atoms with Crippen molar-refractivity contribution in [3.05, 3.63) is 58.4 Å². The second-order valence-electron chi connectivity index (χ2n) is 5.79. The predicted molar refractivity (Wildman–Crippen MR) is 97.3 cm³/mol. The third kappa shape index (κ3) is 2.55. The van der Waals surface area contributed by atoms with Gasteiger partial charge < -0.3 is 9.88 Å². The van der Waals surface area contributed by atoms with Crippen LogP contribution in [0.3, 0.4) is 0 Å². The number of amides is 1. The quantitative estimate of drug-likeness (QED) is 0.567. The molecule has 5 nitrogen and oxygen atoms in total. The number of benzene rings is 2. The highest BCUT2D eigenvalue weighted by Gasteiger charge is 2.17. The highest BCUT2D eigenvalue weighted by molar-refractivity contribution is 7.16. The fourth-order valence-corrected chi connectivity index (χ4v) is 3.78. The standard InChI is InChI=1S/C18H16N4OS/c1-11(12-7-8-14-13(9-12)10-17(23)19-14)20-21-18-22(2)15-5-3-4-6-16(15)24-18/h3-9H,10H2,1-2H3,(H,19,23)/b20-11+,21-18+. The molecule has 6 heteroatoms. The summed E-state index contributed by atoms with van der Waals surface area (Å²) in [5.41, 5.74) is 4.87. The Morgan fingerprint density at radius 1 is 1.25 bits per heavy atom. The number of thiazole rings is 1. The number of carbonyl (C=O) groups excluding carboxylic acids is 1. The second-order valence-corrected chi connectivity index (χ2v) is 6.80. The third-order valence-electron chi connectivity index (χ3n) is 4.15. The van der Waals surface area contributed by atoms with Gasteiger partial charge >= 0.3 is 0 Å². The van der Waals surface area contributed by atoms with Gasteiger partial charge in [-0.15, -0.1) is 5.10 Å². The first-order valence-corrected chi connectivity index (χ1v) is 8.49. The van der Waals surface area contributed by atoms with Crippen molar-refractivity contribution in [2.75, 3.05) is 5.32 Å². The van der Waals surface area contributed by atoms with Crippen LogP contribution in [0.1, 0.15) is 18.1 Å². The van der Waals surface area contributed by atoms with Gasteiger partial charge in [-0.3, -0.25) is 4.79 Å². The summed E-state index contributed by atoms with van der Waals surface area (Å²) in [5.74, 6) is 0.0405. The summed E-state index contributed by atoms with van der Waals surface area (Å²) in [5, 5.41) is 11.6. The molecule has 2 heterocycles. The Morgan fingerprint density at radius 3 is 2.92 bits per heavy atom. The fourth-order valence-electron chi connectivity index (χ4n) is 2.81. The molecule has 1 aliphatic rings. The fraction of sp³-hybridized carbons (Fsp3) is 0.167. The van der Waals surface area contributed by atoms with Gasteiger partial charge in [0.25, 0.3) is 0 Å². The van der Waals surface area contributed by atoms with Gasteiger partial charge in [-0.25, -0.2) is 0 Å². The Bertz CT molecular complexity index is 1060. The van der Waals surface area contributed by atoms with Crippen LogP contribution < -0.4 is 10.1 Å². The summed E-state index contributed by atoms with van der Waals surface area (Å²) in [7, 11) is 2.00. The molecule has 24 heavy (non-hydrogen) atoms. The minimum absolute atomic E-state index is 0.0405. The number of hydrogen-bond acceptors (Lipinski definition) is 4. The van der Waals surface area contributed by atoms with Crippen LogP contribution in [0.25, 0.3) is 10.2 Å². The van der Waals surface area contributed by atoms with E-state index in [9.17, 15) is 4.79 Å². The first-order valence-electron chi connectivity index (χ1n) is 7.68. The number of nitrogens with zero attached hydrogens (tertiary/aromatic N) is 3. The number of rotatable bonds is 2. The van der Waals surface area contributed by atoms with Gasteiger partial charge in [-0.2, -0.15) is 5.10 Å². The molecule has 1 aromatic heterocycles. The number of carbonyl (C=O) groups is 1. The van der Waals surface area contributed by atoms with E-state index in [4.69, 9.17) is 0 Å². The summed E-state index contributed by atoms with van der Waals surface area (Å²) in [4.78, 5) is 12.3. The maximum atomic E-state index is 11.5. The van der Waals surface area contributed by atoms with Gasteiger partial charge in [-0.05, 0) is 42.3 Å². The lowest BCUT2D eigenvalue weighted by Gasteiger charge is -2.02. The van der Waals surface area contributed by atoms with Gasteiger partial charge in [0, 0.05) is 12.7 Å². The SMILES string of the molecule is C/C(=N\N=c1\sc2ccccc2n1C)c1ccc2c(c1)CC(=O)N2. The third-order valence-corrected chi connectivity index (χ3v) is 5.25. The summed E-state index contributed by atoms with van der Waals surface area (Å²) >= 11 is 1.62. The van der Waals surface area contributed by atoms with Crippen LogP contribution in [-0.2, 0) is 18.3 Å². The highest BCUT2D eigenvalue weighted by atomic mass is 32.1. The predicted octanol–water partition coefficient (Wildman–Crippen LogP) is 3.06. The van der Waals surface area contributed by atoms with Gasteiger partial charge in [0.2, 0.25) is 10.7 Å². The molecule has 0 aliphatic carbocycles. The highest BCUT2D eigenvalue weighted by Crippen LogP contribution is 2.24. The van der Waals surface area contributed by atoms with E-state index in [0.29, 0.717) is 6.42 Å². The average Bonchev–Trinajstić information content (AvgIpc) is 3.11. The Hall–Kier alpha value is -2.73. The zero-order valence-electron chi connectivity index (χ0n) is 13.4. The van der Waals surface area contributed by atoms with Crippen molar-refractivity contribution in [1.29, 1.82) is 0 Å². The van der Waals surface area contributed by atoms with Crippen molar-refractivity contribution in [3.8, 4) is 0 Å². The molecular weight excluding hydrogens is 320 g/mol. The Balaban J connectivity index is 1.71. The molecular formula is C18H16N4OS. The Morgan fingerprint density at radius 2 is 2.08 bits per heavy atom. The Kier molecular flexibility index (Phi) is 3.54. The van der Waals surface area contributed by atoms with E-state index in [1.807, 2.05) is 48.9 Å². The van der Waals surface area contributed by atoms with Crippen LogP contribution in [-0.4, -0.2) is 16.2 Å². The molecule has 1 aliphatic heterocycles. The molecule has 0 atom stereocenters. The summed E-state index contributed by atoms with van der Waals surface area (Å²) in [6.45, 7) is 1.93. The molecule has 4 rings (SSSR count). The lowest BCUT2D eigenvalue weighted by Crippen LogP contribution is -2.09. The first kappa shape index (κ1) is 14.8. The molecule has 3 aromatic rings. The molecule has 0 unspecified atom stereocenters. The molecule has 0 bridgehead atoms. The van der Waals surface area contributed by atoms with Gasteiger partial charge in [-0.1, -0.05) is 29.5 Å². The minimum atomic E-state index is 0.0405. The number of aromatic nitrogens is 1. The van der Waals surface area contributed by atoms with Crippen LogP contribution in [0.5, 0.6) is 0 Å². The zero-order chi connectivity index (χ0) is 16.7. The van der Waals surface area contributed by atoms with E-state index in [1.54, 1.807) is 11.3 Å². The van der Waals surface area contributed by atoms with E-state index in [-0.39, 0.29) is 5.91 Å². The topological polar surface area (TPSA) is 58.8 Å². The zero-order valence-corrected chi connectivity index (χ0v) is 14.2. The molecule has 0 radical (unpaired) electrons. The molecule has 1 amide bonds. The largest absolute Gasteiger partial charge is 0.326 e. The molecule has 2 aromatic carbocycles.